The lowest BCUT2D eigenvalue weighted by Crippen LogP contribution is -2.13. The highest BCUT2D eigenvalue weighted by Gasteiger charge is 2.16. The molecule has 0 amide bonds. The van der Waals surface area contributed by atoms with E-state index in [-0.39, 0.29) is 23.7 Å². The maximum Gasteiger partial charge on any atom is 0.307 e. The zero-order chi connectivity index (χ0) is 16.7. The second-order valence-electron chi connectivity index (χ2n) is 4.89. The Morgan fingerprint density at radius 3 is 2.48 bits per heavy atom. The molecular formula is C17H18O5S. The molecule has 0 aromatic heterocycles. The van der Waals surface area contributed by atoms with E-state index in [0.717, 1.165) is 5.56 Å². The van der Waals surface area contributed by atoms with Crippen LogP contribution < -0.4 is 4.74 Å². The number of rotatable bonds is 7. The van der Waals surface area contributed by atoms with E-state index in [1.165, 1.54) is 12.1 Å². The standard InChI is InChI=1S/C17H18O5S/c1-21-15-7-5-6-14(12-15)13-22-17(18)10-11-23(19,20)16-8-3-2-4-9-16/h2-9,12H,10-11,13H2,1H3. The fourth-order valence-electron chi connectivity index (χ4n) is 1.96. The average Bonchev–Trinajstić information content (AvgIpc) is 2.59. The Morgan fingerprint density at radius 2 is 1.78 bits per heavy atom. The molecule has 0 N–H and O–H groups in total. The number of benzene rings is 2. The summed E-state index contributed by atoms with van der Waals surface area (Å²) in [6.45, 7) is 0.0847. The van der Waals surface area contributed by atoms with Crippen molar-refractivity contribution >= 4 is 15.8 Å². The highest BCUT2D eigenvalue weighted by Crippen LogP contribution is 2.14. The molecule has 0 fully saturated rings. The van der Waals surface area contributed by atoms with Gasteiger partial charge >= 0.3 is 5.97 Å². The number of carbonyl (C=O) groups is 1. The first-order valence-electron chi connectivity index (χ1n) is 7.07. The molecule has 2 aromatic carbocycles. The molecule has 122 valence electrons. The Morgan fingerprint density at radius 1 is 1.04 bits per heavy atom. The van der Waals surface area contributed by atoms with Crippen LogP contribution in [0.4, 0.5) is 0 Å². The Balaban J connectivity index is 1.85. The van der Waals surface area contributed by atoms with Crippen molar-refractivity contribution in [1.29, 1.82) is 0 Å². The lowest BCUT2D eigenvalue weighted by atomic mass is 10.2. The van der Waals surface area contributed by atoms with Gasteiger partial charge in [0.2, 0.25) is 0 Å². The highest BCUT2D eigenvalue weighted by molar-refractivity contribution is 7.91. The first-order valence-corrected chi connectivity index (χ1v) is 8.73. The van der Waals surface area contributed by atoms with Crippen LogP contribution in [0.5, 0.6) is 5.75 Å². The van der Waals surface area contributed by atoms with Crippen LogP contribution in [-0.2, 0) is 26.0 Å². The van der Waals surface area contributed by atoms with E-state index in [2.05, 4.69) is 0 Å². The maximum absolute atomic E-state index is 12.1. The zero-order valence-electron chi connectivity index (χ0n) is 12.8. The predicted molar refractivity (Wildman–Crippen MR) is 85.9 cm³/mol. The van der Waals surface area contributed by atoms with Gasteiger partial charge in [0.1, 0.15) is 12.4 Å². The van der Waals surface area contributed by atoms with Crippen molar-refractivity contribution < 1.29 is 22.7 Å². The Hall–Kier alpha value is -2.34. The van der Waals surface area contributed by atoms with Gasteiger partial charge < -0.3 is 9.47 Å². The van der Waals surface area contributed by atoms with Crippen LogP contribution in [0.15, 0.2) is 59.5 Å². The van der Waals surface area contributed by atoms with Crippen LogP contribution in [0, 0.1) is 0 Å². The summed E-state index contributed by atoms with van der Waals surface area (Å²) in [7, 11) is -1.91. The van der Waals surface area contributed by atoms with Crippen LogP contribution in [0.1, 0.15) is 12.0 Å². The smallest absolute Gasteiger partial charge is 0.307 e. The molecule has 0 saturated heterocycles. The monoisotopic (exact) mass is 334 g/mol. The molecule has 0 bridgehead atoms. The molecule has 0 heterocycles. The summed E-state index contributed by atoms with van der Waals surface area (Å²) < 4.78 is 34.3. The van der Waals surface area contributed by atoms with Crippen molar-refractivity contribution in [3.05, 3.63) is 60.2 Å². The minimum absolute atomic E-state index is 0.0847. The van der Waals surface area contributed by atoms with E-state index in [0.29, 0.717) is 5.75 Å². The SMILES string of the molecule is COc1cccc(COC(=O)CCS(=O)(=O)c2ccccc2)c1. The number of carbonyl (C=O) groups excluding carboxylic acids is 1. The summed E-state index contributed by atoms with van der Waals surface area (Å²) in [4.78, 5) is 11.9. The van der Waals surface area contributed by atoms with Gasteiger partial charge in [0.15, 0.2) is 9.84 Å². The predicted octanol–water partition coefficient (Wildman–Crippen LogP) is 2.60. The fraction of sp³-hybridized carbons (Fsp3) is 0.235. The molecular weight excluding hydrogens is 316 g/mol. The van der Waals surface area contributed by atoms with Gasteiger partial charge in [-0.3, -0.25) is 4.79 Å². The molecule has 0 aliphatic heterocycles. The lowest BCUT2D eigenvalue weighted by molar-refractivity contribution is -0.144. The van der Waals surface area contributed by atoms with Gasteiger partial charge in [0, 0.05) is 0 Å². The number of sulfone groups is 1. The minimum atomic E-state index is -3.47. The van der Waals surface area contributed by atoms with E-state index in [1.54, 1.807) is 49.6 Å². The van der Waals surface area contributed by atoms with Crippen molar-refractivity contribution in [2.24, 2.45) is 0 Å². The van der Waals surface area contributed by atoms with Crippen molar-refractivity contribution in [2.75, 3.05) is 12.9 Å². The first kappa shape index (κ1) is 17.0. The van der Waals surface area contributed by atoms with E-state index in [9.17, 15) is 13.2 Å². The minimum Gasteiger partial charge on any atom is -0.497 e. The summed E-state index contributed by atoms with van der Waals surface area (Å²) in [6, 6.07) is 15.2. The molecule has 2 rings (SSSR count). The summed E-state index contributed by atoms with van der Waals surface area (Å²) in [5.41, 5.74) is 0.781. The number of hydrogen-bond acceptors (Lipinski definition) is 5. The zero-order valence-corrected chi connectivity index (χ0v) is 13.6. The highest BCUT2D eigenvalue weighted by atomic mass is 32.2. The first-order chi connectivity index (χ1) is 11.0. The Bertz CT molecular complexity index is 754. The van der Waals surface area contributed by atoms with E-state index >= 15 is 0 Å². The third kappa shape index (κ3) is 5.10. The Kier molecular flexibility index (Phi) is 5.76. The second kappa shape index (κ2) is 7.78. The van der Waals surface area contributed by atoms with Crippen molar-refractivity contribution in [3.63, 3.8) is 0 Å². The van der Waals surface area contributed by atoms with Gasteiger partial charge in [-0.15, -0.1) is 0 Å². The normalized spacial score (nSPS) is 11.0. The van der Waals surface area contributed by atoms with Gasteiger partial charge in [0.25, 0.3) is 0 Å². The summed E-state index contributed by atoms with van der Waals surface area (Å²) in [5.74, 6) is -0.147. The molecule has 0 aliphatic rings. The lowest BCUT2D eigenvalue weighted by Gasteiger charge is -2.07. The molecule has 5 nitrogen and oxygen atoms in total. The molecule has 0 spiro atoms. The molecule has 0 aliphatic carbocycles. The van der Waals surface area contributed by atoms with Gasteiger partial charge in [0.05, 0.1) is 24.2 Å². The maximum atomic E-state index is 12.1. The van der Waals surface area contributed by atoms with Gasteiger partial charge in [-0.05, 0) is 29.8 Å². The summed E-state index contributed by atoms with van der Waals surface area (Å²) >= 11 is 0. The largest absolute Gasteiger partial charge is 0.497 e. The third-order valence-electron chi connectivity index (χ3n) is 3.21. The topological polar surface area (TPSA) is 69.7 Å². The molecule has 6 heteroatoms. The molecule has 0 radical (unpaired) electrons. The van der Waals surface area contributed by atoms with Gasteiger partial charge in [-0.1, -0.05) is 30.3 Å². The second-order valence-corrected chi connectivity index (χ2v) is 7.00. The van der Waals surface area contributed by atoms with Gasteiger partial charge in [-0.25, -0.2) is 8.42 Å². The number of hydrogen-bond donors (Lipinski definition) is 0. The van der Waals surface area contributed by atoms with Crippen LogP contribution in [0.3, 0.4) is 0 Å². The van der Waals surface area contributed by atoms with E-state index in [1.807, 2.05) is 0 Å². The average molecular weight is 334 g/mol. The molecule has 0 atom stereocenters. The fourth-order valence-corrected chi connectivity index (χ4v) is 3.20. The summed E-state index contributed by atoms with van der Waals surface area (Å²) in [6.07, 6.45) is -0.179. The van der Waals surface area contributed by atoms with Crippen molar-refractivity contribution in [1.82, 2.24) is 0 Å². The summed E-state index contributed by atoms with van der Waals surface area (Å²) in [5, 5.41) is 0. The third-order valence-corrected chi connectivity index (χ3v) is 4.94. The van der Waals surface area contributed by atoms with Crippen LogP contribution in [-0.4, -0.2) is 27.2 Å². The number of methoxy groups -OCH3 is 1. The molecule has 23 heavy (non-hydrogen) atoms. The van der Waals surface area contributed by atoms with Crippen molar-refractivity contribution in [2.45, 2.75) is 17.9 Å². The molecule has 0 saturated carbocycles. The Labute approximate surface area is 135 Å². The van der Waals surface area contributed by atoms with Crippen molar-refractivity contribution in [3.8, 4) is 5.75 Å². The van der Waals surface area contributed by atoms with Gasteiger partial charge in [-0.2, -0.15) is 0 Å². The number of ether oxygens (including phenoxy) is 2. The number of esters is 1. The van der Waals surface area contributed by atoms with Crippen LogP contribution in [0.2, 0.25) is 0 Å². The quantitative estimate of drug-likeness (QED) is 0.728. The molecule has 2 aromatic rings. The molecule has 0 unspecified atom stereocenters. The van der Waals surface area contributed by atoms with Crippen LogP contribution in [0.25, 0.3) is 0 Å². The van der Waals surface area contributed by atoms with E-state index < -0.39 is 15.8 Å². The van der Waals surface area contributed by atoms with E-state index in [4.69, 9.17) is 9.47 Å². The van der Waals surface area contributed by atoms with Crippen LogP contribution >= 0.6 is 0 Å².